The molecule has 4 rings (SSSR count). The monoisotopic (exact) mass is 339 g/mol. The van der Waals surface area contributed by atoms with Crippen molar-refractivity contribution in [2.75, 3.05) is 0 Å². The standard InChI is InChI=1S/C19H17NO3S/c1-12-19(16-8-4-5-9-17(16)20-12)24(22)23-14-10-13-6-2-3-7-15(13)18(21)11-14/h2-9,14,20H,10-11H2,1H3. The van der Waals surface area contributed by atoms with E-state index in [1.165, 1.54) is 0 Å². The van der Waals surface area contributed by atoms with Gasteiger partial charge in [0.05, 0.1) is 11.0 Å². The number of para-hydroxylation sites is 1. The van der Waals surface area contributed by atoms with Crippen LogP contribution >= 0.6 is 0 Å². The highest BCUT2D eigenvalue weighted by Crippen LogP contribution is 2.29. The third-order valence-corrected chi connectivity index (χ3v) is 5.71. The van der Waals surface area contributed by atoms with Crippen LogP contribution in [0, 0.1) is 6.92 Å². The van der Waals surface area contributed by atoms with Crippen LogP contribution in [0.5, 0.6) is 0 Å². The van der Waals surface area contributed by atoms with E-state index in [9.17, 15) is 9.00 Å². The number of ketones is 1. The minimum absolute atomic E-state index is 0.0505. The van der Waals surface area contributed by atoms with E-state index in [4.69, 9.17) is 4.18 Å². The summed E-state index contributed by atoms with van der Waals surface area (Å²) in [6.45, 7) is 1.89. The minimum Gasteiger partial charge on any atom is -0.358 e. The molecule has 1 N–H and O–H groups in total. The molecule has 24 heavy (non-hydrogen) atoms. The van der Waals surface area contributed by atoms with E-state index in [0.717, 1.165) is 27.7 Å². The summed E-state index contributed by atoms with van der Waals surface area (Å²) < 4.78 is 18.6. The zero-order chi connectivity index (χ0) is 16.7. The zero-order valence-electron chi connectivity index (χ0n) is 13.2. The van der Waals surface area contributed by atoms with Crippen molar-refractivity contribution in [2.45, 2.75) is 30.8 Å². The Balaban J connectivity index is 1.61. The molecule has 1 heterocycles. The Bertz CT molecular complexity index is 960. The van der Waals surface area contributed by atoms with Gasteiger partial charge < -0.3 is 4.98 Å². The minimum atomic E-state index is -1.61. The number of nitrogens with one attached hydrogen (secondary N) is 1. The normalized spacial score (nSPS) is 18.5. The van der Waals surface area contributed by atoms with Crippen LogP contribution < -0.4 is 0 Å². The molecule has 0 spiro atoms. The summed E-state index contributed by atoms with van der Waals surface area (Å²) in [7, 11) is 0. The first kappa shape index (κ1) is 15.3. The van der Waals surface area contributed by atoms with Gasteiger partial charge >= 0.3 is 0 Å². The largest absolute Gasteiger partial charge is 0.358 e. The summed E-state index contributed by atoms with van der Waals surface area (Å²) in [6, 6.07) is 15.3. The Morgan fingerprint density at radius 2 is 1.83 bits per heavy atom. The lowest BCUT2D eigenvalue weighted by atomic mass is 9.89. The summed E-state index contributed by atoms with van der Waals surface area (Å²) >= 11 is -1.61. The maximum atomic E-state index is 12.8. The highest BCUT2D eigenvalue weighted by atomic mass is 32.2. The third-order valence-electron chi connectivity index (χ3n) is 4.40. The van der Waals surface area contributed by atoms with Gasteiger partial charge in [-0.15, -0.1) is 0 Å². The third kappa shape index (κ3) is 2.60. The van der Waals surface area contributed by atoms with Gasteiger partial charge in [0, 0.05) is 35.0 Å². The molecular weight excluding hydrogens is 322 g/mol. The topological polar surface area (TPSA) is 59.2 Å². The number of aromatic nitrogens is 1. The number of aromatic amines is 1. The molecule has 4 nitrogen and oxygen atoms in total. The van der Waals surface area contributed by atoms with Crippen LogP contribution in [0.1, 0.15) is 28.0 Å². The van der Waals surface area contributed by atoms with Gasteiger partial charge in [0.1, 0.15) is 0 Å². The first-order valence-corrected chi connectivity index (χ1v) is 8.98. The summed E-state index contributed by atoms with van der Waals surface area (Å²) in [5.41, 5.74) is 3.49. The number of H-pyrrole nitrogens is 1. The second-order valence-corrected chi connectivity index (χ2v) is 7.14. The highest BCUT2D eigenvalue weighted by molar-refractivity contribution is 7.80. The average Bonchev–Trinajstić information content (AvgIpc) is 2.90. The van der Waals surface area contributed by atoms with E-state index in [0.29, 0.717) is 11.3 Å². The van der Waals surface area contributed by atoms with E-state index in [1.807, 2.05) is 55.5 Å². The van der Waals surface area contributed by atoms with Gasteiger partial charge in [-0.1, -0.05) is 42.5 Å². The average molecular weight is 339 g/mol. The van der Waals surface area contributed by atoms with Crippen LogP contribution in [0.3, 0.4) is 0 Å². The number of fused-ring (bicyclic) bond motifs is 2. The summed E-state index contributed by atoms with van der Waals surface area (Å²) in [4.78, 5) is 16.2. The lowest BCUT2D eigenvalue weighted by Gasteiger charge is -2.23. The molecule has 2 atom stereocenters. The first-order chi connectivity index (χ1) is 11.6. The molecule has 5 heteroatoms. The van der Waals surface area contributed by atoms with E-state index in [2.05, 4.69) is 4.98 Å². The molecule has 1 aliphatic rings. The molecule has 1 aromatic heterocycles. The quantitative estimate of drug-likeness (QED) is 0.791. The fraction of sp³-hybridized carbons (Fsp3) is 0.211. The van der Waals surface area contributed by atoms with Gasteiger partial charge in [-0.3, -0.25) is 8.98 Å². The molecule has 0 amide bonds. The molecular formula is C19H17NO3S. The Kier molecular flexibility index (Phi) is 3.82. The number of aryl methyl sites for hydroxylation is 1. The molecule has 0 saturated heterocycles. The SMILES string of the molecule is Cc1[nH]c2ccccc2c1S(=O)OC1CC(=O)c2ccccc2C1. The second-order valence-electron chi connectivity index (χ2n) is 6.07. The van der Waals surface area contributed by atoms with E-state index in [-0.39, 0.29) is 18.3 Å². The smallest absolute Gasteiger partial charge is 0.191 e. The Morgan fingerprint density at radius 3 is 2.71 bits per heavy atom. The number of carbonyl (C=O) groups is 1. The Labute approximate surface area is 142 Å². The molecule has 2 unspecified atom stereocenters. The number of rotatable bonds is 3. The van der Waals surface area contributed by atoms with Gasteiger partial charge in [-0.25, -0.2) is 4.21 Å². The number of hydrogen-bond acceptors (Lipinski definition) is 3. The zero-order valence-corrected chi connectivity index (χ0v) is 14.1. The van der Waals surface area contributed by atoms with E-state index in [1.54, 1.807) is 0 Å². The molecule has 0 saturated carbocycles. The molecule has 0 bridgehead atoms. The highest BCUT2D eigenvalue weighted by Gasteiger charge is 2.28. The maximum Gasteiger partial charge on any atom is 0.191 e. The lowest BCUT2D eigenvalue weighted by Crippen LogP contribution is -2.27. The van der Waals surface area contributed by atoms with Crippen molar-refractivity contribution in [1.82, 2.24) is 4.98 Å². The molecule has 0 fully saturated rings. The van der Waals surface area contributed by atoms with Crippen molar-refractivity contribution in [1.29, 1.82) is 0 Å². The van der Waals surface area contributed by atoms with Gasteiger partial charge in [0.15, 0.2) is 16.9 Å². The molecule has 2 aromatic carbocycles. The van der Waals surface area contributed by atoms with Crippen molar-refractivity contribution < 1.29 is 13.2 Å². The molecule has 0 aliphatic heterocycles. The fourth-order valence-electron chi connectivity index (χ4n) is 3.31. The number of Topliss-reactive ketones (excluding diaryl/α,β-unsaturated/α-hetero) is 1. The predicted molar refractivity (Wildman–Crippen MR) is 93.4 cm³/mol. The lowest BCUT2D eigenvalue weighted by molar-refractivity contribution is 0.0899. The van der Waals surface area contributed by atoms with Crippen LogP contribution in [-0.2, 0) is 21.7 Å². The van der Waals surface area contributed by atoms with Crippen LogP contribution in [0.15, 0.2) is 53.4 Å². The van der Waals surface area contributed by atoms with Gasteiger partial charge in [0.25, 0.3) is 0 Å². The first-order valence-electron chi connectivity index (χ1n) is 7.91. The Hall–Kier alpha value is -2.24. The molecule has 3 aromatic rings. The van der Waals surface area contributed by atoms with Crippen molar-refractivity contribution >= 4 is 27.8 Å². The van der Waals surface area contributed by atoms with E-state index < -0.39 is 11.1 Å². The van der Waals surface area contributed by atoms with Crippen molar-refractivity contribution in [3.63, 3.8) is 0 Å². The Morgan fingerprint density at radius 1 is 1.08 bits per heavy atom. The van der Waals surface area contributed by atoms with Crippen molar-refractivity contribution in [2.24, 2.45) is 0 Å². The number of benzene rings is 2. The summed E-state index contributed by atoms with van der Waals surface area (Å²) in [5, 5.41) is 0.899. The summed E-state index contributed by atoms with van der Waals surface area (Å²) in [6.07, 6.45) is 0.514. The van der Waals surface area contributed by atoms with Crippen LogP contribution in [-0.4, -0.2) is 21.1 Å². The molecule has 0 radical (unpaired) electrons. The van der Waals surface area contributed by atoms with Gasteiger partial charge in [-0.05, 0) is 18.6 Å². The fourth-order valence-corrected chi connectivity index (χ4v) is 4.45. The molecule has 122 valence electrons. The van der Waals surface area contributed by atoms with Crippen LogP contribution in [0.25, 0.3) is 10.9 Å². The predicted octanol–water partition coefficient (Wildman–Crippen LogP) is 3.71. The molecule has 1 aliphatic carbocycles. The summed E-state index contributed by atoms with van der Waals surface area (Å²) in [5.74, 6) is 0.0505. The van der Waals surface area contributed by atoms with Gasteiger partial charge in [-0.2, -0.15) is 0 Å². The number of hydrogen-bond donors (Lipinski definition) is 1. The van der Waals surface area contributed by atoms with Crippen LogP contribution in [0.2, 0.25) is 0 Å². The van der Waals surface area contributed by atoms with Crippen LogP contribution in [0.4, 0.5) is 0 Å². The maximum absolute atomic E-state index is 12.8. The van der Waals surface area contributed by atoms with E-state index >= 15 is 0 Å². The van der Waals surface area contributed by atoms with Gasteiger partial charge in [0.2, 0.25) is 0 Å². The second kappa shape index (κ2) is 6.00. The number of carbonyl (C=O) groups excluding carboxylic acids is 1. The van der Waals surface area contributed by atoms with Crippen molar-refractivity contribution in [3.8, 4) is 0 Å². The van der Waals surface area contributed by atoms with Crippen molar-refractivity contribution in [3.05, 3.63) is 65.4 Å².